The summed E-state index contributed by atoms with van der Waals surface area (Å²) in [7, 11) is 1.59. The predicted molar refractivity (Wildman–Crippen MR) is 180 cm³/mol. The Bertz CT molecular complexity index is 1230. The van der Waals surface area contributed by atoms with Gasteiger partial charge in [-0.3, -0.25) is 9.59 Å². The SMILES string of the molecule is CC(C)C(O)CC(O)[C@H](CC1CCCCC1)NC(=O)[C@H](Cc1c[nH]cn1)N(C)C(=O)[C@H](Cc1ccccc1)NC(=O)N1CCNCC1. The van der Waals surface area contributed by atoms with Crippen molar-refractivity contribution in [3.05, 3.63) is 54.1 Å². The molecular formula is C35H55N7O5. The van der Waals surface area contributed by atoms with Crippen molar-refractivity contribution in [1.82, 2.24) is 35.7 Å². The van der Waals surface area contributed by atoms with Gasteiger partial charge in [0.2, 0.25) is 11.8 Å². The number of piperazine rings is 1. The monoisotopic (exact) mass is 653 g/mol. The van der Waals surface area contributed by atoms with Crippen LogP contribution in [0.3, 0.4) is 0 Å². The van der Waals surface area contributed by atoms with Crippen molar-refractivity contribution in [3.63, 3.8) is 0 Å². The average molecular weight is 654 g/mol. The molecule has 1 aliphatic carbocycles. The Balaban J connectivity index is 1.57. The maximum absolute atomic E-state index is 14.3. The highest BCUT2D eigenvalue weighted by molar-refractivity contribution is 5.92. The summed E-state index contributed by atoms with van der Waals surface area (Å²) in [4.78, 5) is 52.2. The topological polar surface area (TPSA) is 163 Å². The zero-order valence-corrected chi connectivity index (χ0v) is 28.2. The molecule has 2 heterocycles. The quantitative estimate of drug-likeness (QED) is 0.172. The number of nitrogens with zero attached hydrogens (tertiary/aromatic N) is 3. The number of amides is 4. The van der Waals surface area contributed by atoms with Crippen LogP contribution >= 0.6 is 0 Å². The van der Waals surface area contributed by atoms with Gasteiger partial charge in [0.05, 0.1) is 30.3 Å². The van der Waals surface area contributed by atoms with E-state index in [9.17, 15) is 24.6 Å². The number of aliphatic hydroxyl groups excluding tert-OH is 2. The number of rotatable bonds is 15. The molecule has 4 amide bonds. The first kappa shape index (κ1) is 36.4. The van der Waals surface area contributed by atoms with Crippen LogP contribution in [0.1, 0.15) is 70.1 Å². The first-order valence-corrected chi connectivity index (χ1v) is 17.3. The van der Waals surface area contributed by atoms with Gasteiger partial charge in [0.15, 0.2) is 0 Å². The van der Waals surface area contributed by atoms with E-state index in [1.165, 1.54) is 17.6 Å². The lowest BCUT2D eigenvalue weighted by Crippen LogP contribution is -2.59. The molecule has 6 N–H and O–H groups in total. The Kier molecular flexibility index (Phi) is 14.1. The molecule has 2 aromatic rings. The van der Waals surface area contributed by atoms with Crippen molar-refractivity contribution in [2.24, 2.45) is 11.8 Å². The number of nitrogens with one attached hydrogen (secondary N) is 4. The van der Waals surface area contributed by atoms with Crippen LogP contribution in [-0.4, -0.2) is 111 Å². The van der Waals surface area contributed by atoms with E-state index >= 15 is 0 Å². The van der Waals surface area contributed by atoms with Gasteiger partial charge in [0.25, 0.3) is 0 Å². The molecule has 1 aliphatic heterocycles. The molecule has 0 bridgehead atoms. The minimum atomic E-state index is -0.962. The molecule has 0 spiro atoms. The fourth-order valence-electron chi connectivity index (χ4n) is 6.62. The molecule has 12 nitrogen and oxygen atoms in total. The normalized spacial score (nSPS) is 19.0. The fraction of sp³-hybridized carbons (Fsp3) is 0.657. The second-order valence-electron chi connectivity index (χ2n) is 13.6. The molecule has 260 valence electrons. The number of likely N-dealkylation sites (N-methyl/N-ethyl adjacent to an activating group) is 1. The maximum atomic E-state index is 14.3. The van der Waals surface area contributed by atoms with Crippen LogP contribution < -0.4 is 16.0 Å². The minimum absolute atomic E-state index is 0.0372. The van der Waals surface area contributed by atoms with Crippen LogP contribution in [-0.2, 0) is 22.4 Å². The highest BCUT2D eigenvalue weighted by atomic mass is 16.3. The highest BCUT2D eigenvalue weighted by Crippen LogP contribution is 2.29. The lowest BCUT2D eigenvalue weighted by atomic mass is 9.82. The van der Waals surface area contributed by atoms with Gasteiger partial charge in [-0.05, 0) is 23.8 Å². The summed E-state index contributed by atoms with van der Waals surface area (Å²) >= 11 is 0. The number of benzene rings is 1. The van der Waals surface area contributed by atoms with E-state index in [1.54, 1.807) is 18.1 Å². The first-order chi connectivity index (χ1) is 22.6. The summed E-state index contributed by atoms with van der Waals surface area (Å²) in [5.41, 5.74) is 1.49. The van der Waals surface area contributed by atoms with Gasteiger partial charge < -0.3 is 40.9 Å². The maximum Gasteiger partial charge on any atom is 0.318 e. The molecular weight excluding hydrogens is 598 g/mol. The molecule has 4 rings (SSSR count). The lowest BCUT2D eigenvalue weighted by molar-refractivity contribution is -0.141. The smallest absolute Gasteiger partial charge is 0.318 e. The van der Waals surface area contributed by atoms with E-state index in [1.807, 2.05) is 44.2 Å². The minimum Gasteiger partial charge on any atom is -0.393 e. The average Bonchev–Trinajstić information content (AvgIpc) is 3.60. The zero-order valence-electron chi connectivity index (χ0n) is 28.2. The number of hydrogen-bond acceptors (Lipinski definition) is 7. The van der Waals surface area contributed by atoms with E-state index in [4.69, 9.17) is 0 Å². The third-order valence-corrected chi connectivity index (χ3v) is 9.71. The van der Waals surface area contributed by atoms with Crippen LogP contribution in [0.4, 0.5) is 4.79 Å². The number of hydrogen-bond donors (Lipinski definition) is 6. The zero-order chi connectivity index (χ0) is 33.8. The summed E-state index contributed by atoms with van der Waals surface area (Å²) < 4.78 is 0. The van der Waals surface area contributed by atoms with Crippen LogP contribution in [0.15, 0.2) is 42.9 Å². The standard InChI is InChI=1S/C35H55N7O5/c1-24(2)31(43)21-32(44)28(18-25-10-6-4-7-11-25)39-33(45)30(20-27-22-37-23-38-27)41(3)34(46)29(19-26-12-8-5-9-13-26)40-35(47)42-16-14-36-15-17-42/h5,8-9,12-13,22-25,28-32,36,43-44H,4,6-7,10-11,14-21H2,1-3H3,(H,37,38)(H,39,45)(H,40,47)/t28-,29-,30-,31?,32?/m0/s1. The number of aliphatic hydroxyl groups is 2. The summed E-state index contributed by atoms with van der Waals surface area (Å²) in [6.45, 7) is 6.23. The fourth-order valence-corrected chi connectivity index (χ4v) is 6.62. The van der Waals surface area contributed by atoms with Gasteiger partial charge in [-0.2, -0.15) is 0 Å². The highest BCUT2D eigenvalue weighted by Gasteiger charge is 2.36. The Morgan fingerprint density at radius 3 is 2.34 bits per heavy atom. The first-order valence-electron chi connectivity index (χ1n) is 17.3. The van der Waals surface area contributed by atoms with E-state index in [0.717, 1.165) is 31.2 Å². The molecule has 1 saturated heterocycles. The van der Waals surface area contributed by atoms with E-state index < -0.39 is 42.1 Å². The van der Waals surface area contributed by atoms with Crippen molar-refractivity contribution >= 4 is 17.8 Å². The molecule has 1 aromatic heterocycles. The molecule has 2 unspecified atom stereocenters. The second-order valence-corrected chi connectivity index (χ2v) is 13.6. The lowest BCUT2D eigenvalue weighted by Gasteiger charge is -2.35. The van der Waals surface area contributed by atoms with E-state index in [2.05, 4.69) is 25.9 Å². The van der Waals surface area contributed by atoms with Crippen molar-refractivity contribution in [1.29, 1.82) is 0 Å². The van der Waals surface area contributed by atoms with Gasteiger partial charge in [-0.1, -0.05) is 76.3 Å². The largest absolute Gasteiger partial charge is 0.393 e. The Hall–Kier alpha value is -3.48. The Morgan fingerprint density at radius 2 is 1.70 bits per heavy atom. The molecule has 47 heavy (non-hydrogen) atoms. The summed E-state index contributed by atoms with van der Waals surface area (Å²) in [6, 6.07) is 6.72. The second kappa shape index (κ2) is 18.2. The van der Waals surface area contributed by atoms with Crippen molar-refractivity contribution in [3.8, 4) is 0 Å². The Morgan fingerprint density at radius 1 is 1.00 bits per heavy atom. The van der Waals surface area contributed by atoms with Gasteiger partial charge in [-0.25, -0.2) is 9.78 Å². The molecule has 1 saturated carbocycles. The van der Waals surface area contributed by atoms with Gasteiger partial charge in [0.1, 0.15) is 12.1 Å². The third kappa shape index (κ3) is 11.0. The molecule has 12 heteroatoms. The van der Waals surface area contributed by atoms with E-state index in [-0.39, 0.29) is 31.2 Å². The molecule has 1 aromatic carbocycles. The van der Waals surface area contributed by atoms with Crippen LogP contribution in [0.2, 0.25) is 0 Å². The summed E-state index contributed by atoms with van der Waals surface area (Å²) in [5, 5.41) is 31.2. The number of aromatic amines is 1. The summed E-state index contributed by atoms with van der Waals surface area (Å²) in [6.07, 6.45) is 8.21. The van der Waals surface area contributed by atoms with E-state index in [0.29, 0.717) is 44.2 Å². The van der Waals surface area contributed by atoms with Crippen LogP contribution in [0.25, 0.3) is 0 Å². The molecule has 2 fully saturated rings. The van der Waals surface area contributed by atoms with Crippen molar-refractivity contribution < 1.29 is 24.6 Å². The van der Waals surface area contributed by atoms with Crippen molar-refractivity contribution in [2.75, 3.05) is 33.2 Å². The molecule has 2 aliphatic rings. The molecule has 5 atom stereocenters. The Labute approximate surface area is 279 Å². The number of aromatic nitrogens is 2. The number of urea groups is 1. The van der Waals surface area contributed by atoms with Gasteiger partial charge in [0, 0.05) is 58.7 Å². The molecule has 0 radical (unpaired) electrons. The van der Waals surface area contributed by atoms with Crippen LogP contribution in [0, 0.1) is 11.8 Å². The van der Waals surface area contributed by atoms with Gasteiger partial charge in [-0.15, -0.1) is 0 Å². The number of carbonyl (C=O) groups excluding carboxylic acids is 3. The van der Waals surface area contributed by atoms with Crippen molar-refractivity contribution in [2.45, 2.75) is 102 Å². The number of imidazole rings is 1. The number of carbonyl (C=O) groups is 3. The summed E-state index contributed by atoms with van der Waals surface area (Å²) in [5.74, 6) is -0.480. The van der Waals surface area contributed by atoms with Gasteiger partial charge >= 0.3 is 6.03 Å². The third-order valence-electron chi connectivity index (χ3n) is 9.71. The van der Waals surface area contributed by atoms with Crippen LogP contribution in [0.5, 0.6) is 0 Å². The predicted octanol–water partition coefficient (Wildman–Crippen LogP) is 2.23. The number of H-pyrrole nitrogens is 1.